The molecule has 25 heavy (non-hydrogen) atoms. The first-order chi connectivity index (χ1) is 12.2. The molecule has 2 aromatic rings. The fraction of sp³-hybridized carbons (Fsp3) is 0.412. The van der Waals surface area contributed by atoms with Gasteiger partial charge >= 0.3 is 6.03 Å². The number of nitrogens with zero attached hydrogens (tertiary/aromatic N) is 3. The van der Waals surface area contributed by atoms with E-state index in [2.05, 4.69) is 25.9 Å². The quantitative estimate of drug-likeness (QED) is 0.839. The topological polar surface area (TPSA) is 102 Å². The number of amides is 2. The number of carbonyl (C=O) groups is 1. The van der Waals surface area contributed by atoms with Crippen molar-refractivity contribution in [1.82, 2.24) is 15.5 Å². The second kappa shape index (κ2) is 7.78. The van der Waals surface area contributed by atoms with Gasteiger partial charge < -0.3 is 20.0 Å². The number of benzene rings is 1. The molecule has 0 fully saturated rings. The molecule has 2 amide bonds. The lowest BCUT2D eigenvalue weighted by Crippen LogP contribution is -2.35. The van der Waals surface area contributed by atoms with Crippen LogP contribution in [0.3, 0.4) is 0 Å². The van der Waals surface area contributed by atoms with E-state index in [1.165, 1.54) is 0 Å². The second-order valence-corrected chi connectivity index (χ2v) is 5.73. The van der Waals surface area contributed by atoms with Gasteiger partial charge in [-0.25, -0.2) is 4.79 Å². The van der Waals surface area contributed by atoms with Crippen molar-refractivity contribution in [3.8, 4) is 11.5 Å². The Hall–Kier alpha value is -2.90. The highest BCUT2D eigenvalue weighted by Crippen LogP contribution is 2.21. The first-order valence-electron chi connectivity index (χ1n) is 8.37. The van der Waals surface area contributed by atoms with Crippen LogP contribution >= 0.6 is 0 Å². The van der Waals surface area contributed by atoms with Crippen molar-refractivity contribution in [1.29, 1.82) is 0 Å². The Labute approximate surface area is 145 Å². The molecule has 1 aromatic heterocycles. The molecule has 132 valence electrons. The number of aromatic nitrogens is 2. The van der Waals surface area contributed by atoms with Gasteiger partial charge in [-0.2, -0.15) is 4.98 Å². The van der Waals surface area contributed by atoms with Gasteiger partial charge in [0.1, 0.15) is 6.10 Å². The highest BCUT2D eigenvalue weighted by Gasteiger charge is 2.20. The fourth-order valence-corrected chi connectivity index (χ4v) is 2.43. The number of rotatable bonds is 6. The van der Waals surface area contributed by atoms with E-state index in [0.717, 1.165) is 24.1 Å². The Morgan fingerprint density at radius 2 is 2.20 bits per heavy atom. The lowest BCUT2D eigenvalue weighted by Gasteiger charge is -2.11. The lowest BCUT2D eigenvalue weighted by atomic mass is 10.1. The first-order valence-corrected chi connectivity index (χ1v) is 8.37. The normalized spacial score (nSPS) is 16.2. The molecule has 8 nitrogen and oxygen atoms in total. The van der Waals surface area contributed by atoms with Crippen molar-refractivity contribution in [3.63, 3.8) is 0 Å². The first kappa shape index (κ1) is 16.9. The van der Waals surface area contributed by atoms with Crippen LogP contribution in [-0.2, 0) is 11.3 Å². The zero-order valence-corrected chi connectivity index (χ0v) is 14.3. The highest BCUT2D eigenvalue weighted by molar-refractivity contribution is 5.90. The lowest BCUT2D eigenvalue weighted by molar-refractivity contribution is 0.0870. The van der Waals surface area contributed by atoms with Gasteiger partial charge in [-0.15, -0.1) is 0 Å². The minimum absolute atomic E-state index is 0.0992. The summed E-state index contributed by atoms with van der Waals surface area (Å²) >= 11 is 0. The zero-order chi connectivity index (χ0) is 17.6. The van der Waals surface area contributed by atoms with E-state index in [1.54, 1.807) is 12.1 Å². The second-order valence-electron chi connectivity index (χ2n) is 5.73. The molecule has 0 saturated carbocycles. The SMILES string of the molecule is CCC1=NO[C@@H](CNC(=O)Nc2cccc(-c3nc(CC)no3)c2)C1. The van der Waals surface area contributed by atoms with Gasteiger partial charge in [0.05, 0.1) is 12.3 Å². The smallest absolute Gasteiger partial charge is 0.319 e. The van der Waals surface area contributed by atoms with Gasteiger partial charge in [-0.1, -0.05) is 30.2 Å². The summed E-state index contributed by atoms with van der Waals surface area (Å²) in [6, 6.07) is 6.96. The van der Waals surface area contributed by atoms with Crippen LogP contribution in [0.15, 0.2) is 33.9 Å². The molecule has 2 N–H and O–H groups in total. The van der Waals surface area contributed by atoms with Crippen LogP contribution in [0.25, 0.3) is 11.5 Å². The molecule has 0 bridgehead atoms. The molecule has 1 aliphatic rings. The largest absolute Gasteiger partial charge is 0.390 e. The van der Waals surface area contributed by atoms with Crippen LogP contribution in [-0.4, -0.2) is 34.5 Å². The predicted molar refractivity (Wildman–Crippen MR) is 93.3 cm³/mol. The number of anilines is 1. The van der Waals surface area contributed by atoms with Gasteiger partial charge in [0, 0.05) is 24.1 Å². The van der Waals surface area contributed by atoms with Gasteiger partial charge in [-0.3, -0.25) is 0 Å². The maximum atomic E-state index is 12.1. The number of hydrogen-bond acceptors (Lipinski definition) is 6. The summed E-state index contributed by atoms with van der Waals surface area (Å²) in [7, 11) is 0. The standard InChI is InChI=1S/C17H21N5O3/c1-3-12-9-14(24-21-12)10-18-17(23)19-13-7-5-6-11(8-13)16-20-15(4-2)22-25-16/h5-8,14H,3-4,9-10H2,1-2H3,(H2,18,19,23)/t14-/m1/s1. The predicted octanol–water partition coefficient (Wildman–Crippen LogP) is 2.98. The molecule has 1 aliphatic heterocycles. The molecule has 0 aliphatic carbocycles. The minimum atomic E-state index is -0.300. The third kappa shape index (κ3) is 4.34. The van der Waals surface area contributed by atoms with Crippen LogP contribution in [0.5, 0.6) is 0 Å². The van der Waals surface area contributed by atoms with Crippen LogP contribution in [0.1, 0.15) is 32.5 Å². The minimum Gasteiger partial charge on any atom is -0.390 e. The van der Waals surface area contributed by atoms with E-state index in [1.807, 2.05) is 26.0 Å². The number of oxime groups is 1. The van der Waals surface area contributed by atoms with E-state index in [4.69, 9.17) is 9.36 Å². The third-order valence-electron chi connectivity index (χ3n) is 3.84. The molecule has 8 heteroatoms. The summed E-state index contributed by atoms with van der Waals surface area (Å²) in [5, 5.41) is 13.4. The molecule has 1 aromatic carbocycles. The van der Waals surface area contributed by atoms with Crippen molar-refractivity contribution in [2.75, 3.05) is 11.9 Å². The highest BCUT2D eigenvalue weighted by atomic mass is 16.6. The third-order valence-corrected chi connectivity index (χ3v) is 3.84. The van der Waals surface area contributed by atoms with Gasteiger partial charge in [-0.05, 0) is 24.6 Å². The Bertz CT molecular complexity index is 771. The number of hydrogen-bond donors (Lipinski definition) is 2. The van der Waals surface area contributed by atoms with Gasteiger partial charge in [0.25, 0.3) is 5.89 Å². The average Bonchev–Trinajstić information content (AvgIpc) is 3.29. The summed E-state index contributed by atoms with van der Waals surface area (Å²) in [6.07, 6.45) is 2.22. The van der Waals surface area contributed by atoms with Gasteiger partial charge in [0.15, 0.2) is 5.82 Å². The molecule has 0 saturated heterocycles. The van der Waals surface area contributed by atoms with Crippen molar-refractivity contribution in [2.45, 2.75) is 39.2 Å². The number of carbonyl (C=O) groups excluding carboxylic acids is 1. The molecule has 1 atom stereocenters. The van der Waals surface area contributed by atoms with E-state index < -0.39 is 0 Å². The fourth-order valence-electron chi connectivity index (χ4n) is 2.43. The molecule has 0 unspecified atom stereocenters. The summed E-state index contributed by atoms with van der Waals surface area (Å²) in [4.78, 5) is 21.6. The molecule has 2 heterocycles. The zero-order valence-electron chi connectivity index (χ0n) is 14.3. The van der Waals surface area contributed by atoms with Crippen LogP contribution in [0.4, 0.5) is 10.5 Å². The van der Waals surface area contributed by atoms with Crippen LogP contribution in [0, 0.1) is 0 Å². The summed E-state index contributed by atoms with van der Waals surface area (Å²) in [5.41, 5.74) is 2.42. The van der Waals surface area contributed by atoms with E-state index in [9.17, 15) is 4.79 Å². The Morgan fingerprint density at radius 3 is 2.92 bits per heavy atom. The maximum Gasteiger partial charge on any atom is 0.319 e. The average molecular weight is 343 g/mol. The van der Waals surface area contributed by atoms with Crippen molar-refractivity contribution in [2.24, 2.45) is 5.16 Å². The summed E-state index contributed by atoms with van der Waals surface area (Å²) in [5.74, 6) is 1.08. The van der Waals surface area contributed by atoms with Crippen LogP contribution < -0.4 is 10.6 Å². The summed E-state index contributed by atoms with van der Waals surface area (Å²) < 4.78 is 5.22. The monoisotopic (exact) mass is 343 g/mol. The molecule has 3 rings (SSSR count). The Morgan fingerprint density at radius 1 is 1.32 bits per heavy atom. The van der Waals surface area contributed by atoms with E-state index >= 15 is 0 Å². The Kier molecular flexibility index (Phi) is 5.27. The molecular weight excluding hydrogens is 322 g/mol. The number of urea groups is 1. The molecular formula is C17H21N5O3. The van der Waals surface area contributed by atoms with Crippen molar-refractivity contribution < 1.29 is 14.2 Å². The Balaban J connectivity index is 1.54. The number of nitrogens with one attached hydrogen (secondary N) is 2. The van der Waals surface area contributed by atoms with E-state index in [0.29, 0.717) is 30.4 Å². The van der Waals surface area contributed by atoms with Gasteiger partial charge in [0.2, 0.25) is 0 Å². The van der Waals surface area contributed by atoms with Crippen molar-refractivity contribution in [3.05, 3.63) is 30.1 Å². The molecule has 0 radical (unpaired) electrons. The van der Waals surface area contributed by atoms with E-state index in [-0.39, 0.29) is 12.1 Å². The molecule has 0 spiro atoms. The maximum absolute atomic E-state index is 12.1. The summed E-state index contributed by atoms with van der Waals surface area (Å²) in [6.45, 7) is 4.39. The van der Waals surface area contributed by atoms with Crippen LogP contribution in [0.2, 0.25) is 0 Å². The number of aryl methyl sites for hydroxylation is 1. The van der Waals surface area contributed by atoms with Crippen molar-refractivity contribution >= 4 is 17.4 Å².